The van der Waals surface area contributed by atoms with Crippen LogP contribution in [0.3, 0.4) is 0 Å². The first kappa shape index (κ1) is 12.1. The van der Waals surface area contributed by atoms with Crippen LogP contribution < -0.4 is 0 Å². The van der Waals surface area contributed by atoms with Crippen LogP contribution in [0, 0.1) is 0 Å². The molecule has 1 amide bonds. The molecule has 0 spiro atoms. The summed E-state index contributed by atoms with van der Waals surface area (Å²) >= 11 is 0. The van der Waals surface area contributed by atoms with Crippen molar-refractivity contribution in [2.24, 2.45) is 0 Å². The van der Waals surface area contributed by atoms with Crippen LogP contribution in [0.25, 0.3) is 0 Å². The van der Waals surface area contributed by atoms with E-state index in [1.165, 1.54) is 0 Å². The Balaban J connectivity index is 2.23. The van der Waals surface area contributed by atoms with Gasteiger partial charge in [0.05, 0.1) is 0 Å². The first-order valence-corrected chi connectivity index (χ1v) is 5.72. The predicted octanol–water partition coefficient (Wildman–Crippen LogP) is 1.35. The second-order valence-electron chi connectivity index (χ2n) is 4.48. The number of amides is 1. The van der Waals surface area contributed by atoms with E-state index in [1.807, 2.05) is 38.4 Å². The van der Waals surface area contributed by atoms with Crippen molar-refractivity contribution in [3.63, 3.8) is 0 Å². The molecule has 1 aromatic carbocycles. The fourth-order valence-corrected chi connectivity index (χ4v) is 2.12. The lowest BCUT2D eigenvalue weighted by Gasteiger charge is -2.25. The van der Waals surface area contributed by atoms with Gasteiger partial charge in [-0.3, -0.25) is 4.79 Å². The maximum absolute atomic E-state index is 12.2. The average molecular weight is 234 g/mol. The second-order valence-corrected chi connectivity index (χ2v) is 4.48. The number of methoxy groups -OCH3 is 1. The highest BCUT2D eigenvalue weighted by atomic mass is 16.5. The third-order valence-electron chi connectivity index (χ3n) is 3.01. The number of likely N-dealkylation sites (N-methyl/N-ethyl adjacent to an activating group) is 1. The summed E-state index contributed by atoms with van der Waals surface area (Å²) in [5.41, 5.74) is 1.73. The molecule has 0 saturated heterocycles. The van der Waals surface area contributed by atoms with Gasteiger partial charge in [-0.15, -0.1) is 0 Å². The number of benzene rings is 1. The SMILES string of the molecule is CO[C@H]1c2ccccc2C(=O)N1CCN(C)C. The van der Waals surface area contributed by atoms with Crippen molar-refractivity contribution >= 4 is 5.91 Å². The fraction of sp³-hybridized carbons (Fsp3) is 0.462. The molecule has 1 aliphatic rings. The normalized spacial score (nSPS) is 18.9. The molecule has 0 bridgehead atoms. The van der Waals surface area contributed by atoms with E-state index in [9.17, 15) is 4.79 Å². The number of fused-ring (bicyclic) bond motifs is 1. The summed E-state index contributed by atoms with van der Waals surface area (Å²) in [4.78, 5) is 16.0. The Morgan fingerprint density at radius 3 is 2.71 bits per heavy atom. The van der Waals surface area contributed by atoms with Crippen molar-refractivity contribution in [3.05, 3.63) is 35.4 Å². The smallest absolute Gasteiger partial charge is 0.256 e. The molecule has 1 aromatic rings. The van der Waals surface area contributed by atoms with E-state index >= 15 is 0 Å². The number of carbonyl (C=O) groups excluding carboxylic acids is 1. The van der Waals surface area contributed by atoms with Crippen LogP contribution in [0.15, 0.2) is 24.3 Å². The maximum atomic E-state index is 12.2. The van der Waals surface area contributed by atoms with Gasteiger partial charge in [-0.05, 0) is 20.2 Å². The van der Waals surface area contributed by atoms with E-state index in [0.717, 1.165) is 17.7 Å². The van der Waals surface area contributed by atoms with Crippen molar-refractivity contribution in [2.75, 3.05) is 34.3 Å². The molecule has 0 N–H and O–H groups in total. The Labute approximate surface area is 102 Å². The zero-order chi connectivity index (χ0) is 12.4. The van der Waals surface area contributed by atoms with Gasteiger partial charge in [0, 0.05) is 31.3 Å². The second kappa shape index (κ2) is 4.85. The molecule has 92 valence electrons. The van der Waals surface area contributed by atoms with Crippen molar-refractivity contribution in [1.82, 2.24) is 9.80 Å². The third-order valence-corrected chi connectivity index (χ3v) is 3.01. The molecule has 1 aliphatic heterocycles. The number of hydrogen-bond donors (Lipinski definition) is 0. The molecule has 17 heavy (non-hydrogen) atoms. The lowest BCUT2D eigenvalue weighted by Crippen LogP contribution is -2.35. The van der Waals surface area contributed by atoms with Gasteiger partial charge in [0.1, 0.15) is 0 Å². The zero-order valence-electron chi connectivity index (χ0n) is 10.5. The van der Waals surface area contributed by atoms with E-state index in [4.69, 9.17) is 4.74 Å². The van der Waals surface area contributed by atoms with Crippen LogP contribution >= 0.6 is 0 Å². The summed E-state index contributed by atoms with van der Waals surface area (Å²) in [7, 11) is 5.63. The van der Waals surface area contributed by atoms with Gasteiger partial charge in [0.2, 0.25) is 0 Å². The quantitative estimate of drug-likeness (QED) is 0.788. The molecule has 0 aliphatic carbocycles. The highest BCUT2D eigenvalue weighted by Gasteiger charge is 2.35. The summed E-state index contributed by atoms with van der Waals surface area (Å²) in [5, 5.41) is 0. The van der Waals surface area contributed by atoms with Gasteiger partial charge >= 0.3 is 0 Å². The maximum Gasteiger partial charge on any atom is 0.256 e. The molecule has 0 aromatic heterocycles. The van der Waals surface area contributed by atoms with Gasteiger partial charge in [-0.25, -0.2) is 0 Å². The Morgan fingerprint density at radius 1 is 1.35 bits per heavy atom. The molecule has 0 saturated carbocycles. The van der Waals surface area contributed by atoms with Gasteiger partial charge in [0.15, 0.2) is 6.23 Å². The van der Waals surface area contributed by atoms with Crippen molar-refractivity contribution in [2.45, 2.75) is 6.23 Å². The number of rotatable bonds is 4. The summed E-state index contributed by atoms with van der Waals surface area (Å²) in [5.74, 6) is 0.0642. The highest BCUT2D eigenvalue weighted by Crippen LogP contribution is 2.33. The molecule has 4 heteroatoms. The minimum absolute atomic E-state index is 0.0642. The van der Waals surface area contributed by atoms with Gasteiger partial charge in [0.25, 0.3) is 5.91 Å². The summed E-state index contributed by atoms with van der Waals surface area (Å²) in [6, 6.07) is 7.64. The molecule has 1 heterocycles. The van der Waals surface area contributed by atoms with Crippen molar-refractivity contribution in [3.8, 4) is 0 Å². The Hall–Kier alpha value is -1.39. The number of hydrogen-bond acceptors (Lipinski definition) is 3. The third kappa shape index (κ3) is 2.18. The lowest BCUT2D eigenvalue weighted by molar-refractivity contribution is -0.0142. The van der Waals surface area contributed by atoms with Crippen molar-refractivity contribution in [1.29, 1.82) is 0 Å². The minimum Gasteiger partial charge on any atom is -0.357 e. The average Bonchev–Trinajstić information content (AvgIpc) is 2.60. The van der Waals surface area contributed by atoms with Crippen molar-refractivity contribution < 1.29 is 9.53 Å². The molecule has 1 atom stereocenters. The molecule has 0 fully saturated rings. The van der Waals surface area contributed by atoms with Crippen LogP contribution in [-0.2, 0) is 4.74 Å². The van der Waals surface area contributed by atoms with Crippen LogP contribution in [-0.4, -0.2) is 50.0 Å². The van der Waals surface area contributed by atoms with Crippen LogP contribution in [0.5, 0.6) is 0 Å². The van der Waals surface area contributed by atoms with Crippen LogP contribution in [0.1, 0.15) is 22.1 Å². The van der Waals surface area contributed by atoms with E-state index in [2.05, 4.69) is 4.90 Å². The van der Waals surface area contributed by atoms with Gasteiger partial charge in [-0.1, -0.05) is 18.2 Å². The number of carbonyl (C=O) groups is 1. The van der Waals surface area contributed by atoms with E-state index < -0.39 is 0 Å². The van der Waals surface area contributed by atoms with E-state index in [1.54, 1.807) is 12.0 Å². The van der Waals surface area contributed by atoms with Gasteiger partial charge < -0.3 is 14.5 Å². The molecule has 4 nitrogen and oxygen atoms in total. The van der Waals surface area contributed by atoms with Crippen LogP contribution in [0.2, 0.25) is 0 Å². The zero-order valence-corrected chi connectivity index (χ0v) is 10.5. The summed E-state index contributed by atoms with van der Waals surface area (Å²) < 4.78 is 5.44. The van der Waals surface area contributed by atoms with E-state index in [0.29, 0.717) is 6.54 Å². The minimum atomic E-state index is -0.237. The van der Waals surface area contributed by atoms with Gasteiger partial charge in [-0.2, -0.15) is 0 Å². The molecule has 2 rings (SSSR count). The first-order chi connectivity index (χ1) is 8.15. The lowest BCUT2D eigenvalue weighted by atomic mass is 10.1. The molecule has 0 radical (unpaired) electrons. The first-order valence-electron chi connectivity index (χ1n) is 5.72. The Morgan fingerprint density at radius 2 is 2.06 bits per heavy atom. The summed E-state index contributed by atoms with van der Waals surface area (Å²) in [6.45, 7) is 1.51. The predicted molar refractivity (Wildman–Crippen MR) is 65.8 cm³/mol. The standard InChI is InChI=1S/C13H18N2O2/c1-14(2)8-9-15-12(16)10-6-4-5-7-11(10)13(15)17-3/h4-7,13H,8-9H2,1-3H3/t13-/m0/s1. The molecule has 0 unspecified atom stereocenters. The largest absolute Gasteiger partial charge is 0.357 e. The Bertz CT molecular complexity index is 418. The van der Waals surface area contributed by atoms with Crippen LogP contribution in [0.4, 0.5) is 0 Å². The molecular weight excluding hydrogens is 216 g/mol. The summed E-state index contributed by atoms with van der Waals surface area (Å²) in [6.07, 6.45) is -0.237. The molecular formula is C13H18N2O2. The highest BCUT2D eigenvalue weighted by molar-refractivity contribution is 5.98. The Kier molecular flexibility index (Phi) is 3.45. The topological polar surface area (TPSA) is 32.8 Å². The number of nitrogens with zero attached hydrogens (tertiary/aromatic N) is 2. The number of ether oxygens (including phenoxy) is 1. The monoisotopic (exact) mass is 234 g/mol. The fourth-order valence-electron chi connectivity index (χ4n) is 2.12. The van der Waals surface area contributed by atoms with E-state index in [-0.39, 0.29) is 12.1 Å².